The summed E-state index contributed by atoms with van der Waals surface area (Å²) in [7, 11) is 0. The Labute approximate surface area is 116 Å². The molecule has 1 unspecified atom stereocenters. The summed E-state index contributed by atoms with van der Waals surface area (Å²) in [6, 6.07) is 5.76. The van der Waals surface area contributed by atoms with Crippen LogP contribution < -0.4 is 0 Å². The van der Waals surface area contributed by atoms with E-state index in [0.717, 1.165) is 5.69 Å². The zero-order valence-electron chi connectivity index (χ0n) is 10.4. The van der Waals surface area contributed by atoms with Gasteiger partial charge in [-0.25, -0.2) is 4.99 Å². The molecule has 2 aliphatic rings. The molecule has 0 aliphatic carbocycles. The van der Waals surface area contributed by atoms with Crippen molar-refractivity contribution in [2.45, 2.75) is 19.2 Å². The maximum atomic E-state index is 6.08. The molecule has 3 heterocycles. The summed E-state index contributed by atoms with van der Waals surface area (Å²) < 4.78 is 7.89. The van der Waals surface area contributed by atoms with E-state index in [0.29, 0.717) is 10.9 Å². The highest BCUT2D eigenvalue weighted by Crippen LogP contribution is 2.26. The van der Waals surface area contributed by atoms with Crippen molar-refractivity contribution in [3.05, 3.63) is 53.2 Å². The molecule has 0 radical (unpaired) electrons. The van der Waals surface area contributed by atoms with Gasteiger partial charge in [0.15, 0.2) is 6.21 Å². The molecule has 1 aromatic heterocycles. The number of nitrogens with zero attached hydrogens (tertiary/aromatic N) is 3. The number of hydrogen-bond acceptors (Lipinski definition) is 3. The maximum Gasteiger partial charge on any atom is 0.372 e. The van der Waals surface area contributed by atoms with Crippen LogP contribution in [0.1, 0.15) is 18.7 Å². The molecule has 3 rings (SSSR count). The van der Waals surface area contributed by atoms with Gasteiger partial charge in [0, 0.05) is 12.3 Å². The molecule has 5 heteroatoms. The van der Waals surface area contributed by atoms with Crippen LogP contribution in [-0.2, 0) is 4.74 Å². The normalized spacial score (nSPS) is 22.2. The number of halogens is 1. The van der Waals surface area contributed by atoms with Crippen LogP contribution in [0.2, 0.25) is 0 Å². The van der Waals surface area contributed by atoms with Gasteiger partial charge in [0.25, 0.3) is 6.17 Å². The standard InChI is InChI=1S/C14H13ClN3O/c1-10(12-4-2-3-5-16-12)19-14-9-11(15)8-13-17-6-7-18(13)14/h2-10,13H,1H3/q+1/t10-,13?/m1/s1. The minimum Gasteiger partial charge on any atom is -0.435 e. The zero-order chi connectivity index (χ0) is 13.2. The Hall–Kier alpha value is -1.94. The quantitative estimate of drug-likeness (QED) is 0.795. The molecule has 4 nitrogen and oxygen atoms in total. The van der Waals surface area contributed by atoms with Gasteiger partial charge in [0.1, 0.15) is 6.10 Å². The molecule has 0 spiro atoms. The van der Waals surface area contributed by atoms with Gasteiger partial charge in [-0.05, 0) is 19.1 Å². The summed E-state index contributed by atoms with van der Waals surface area (Å²) >= 11 is 6.08. The summed E-state index contributed by atoms with van der Waals surface area (Å²) in [5.41, 5.74) is 0.880. The molecule has 1 aromatic rings. The van der Waals surface area contributed by atoms with Crippen LogP contribution >= 0.6 is 11.6 Å². The first-order valence-corrected chi connectivity index (χ1v) is 6.43. The fraction of sp³-hybridized carbons (Fsp3) is 0.214. The van der Waals surface area contributed by atoms with Crippen molar-refractivity contribution < 1.29 is 9.31 Å². The average Bonchev–Trinajstić information content (AvgIpc) is 2.88. The van der Waals surface area contributed by atoms with Crippen LogP contribution in [-0.4, -0.2) is 28.2 Å². The number of aliphatic imine (C=N–C) groups is 1. The highest BCUT2D eigenvalue weighted by molar-refractivity contribution is 6.31. The summed E-state index contributed by atoms with van der Waals surface area (Å²) in [5, 5.41) is 0.636. The van der Waals surface area contributed by atoms with Crippen molar-refractivity contribution >= 4 is 24.0 Å². The predicted molar refractivity (Wildman–Crippen MR) is 74.4 cm³/mol. The fourth-order valence-electron chi connectivity index (χ4n) is 2.02. The summed E-state index contributed by atoms with van der Waals surface area (Å²) in [6.07, 6.45) is 8.81. The first-order chi connectivity index (χ1) is 9.24. The van der Waals surface area contributed by atoms with Gasteiger partial charge >= 0.3 is 5.88 Å². The Morgan fingerprint density at radius 3 is 3.11 bits per heavy atom. The van der Waals surface area contributed by atoms with E-state index in [4.69, 9.17) is 16.3 Å². The van der Waals surface area contributed by atoms with Crippen molar-refractivity contribution in [3.8, 4) is 0 Å². The molecule has 0 saturated carbocycles. The molecule has 96 valence electrons. The third-order valence-electron chi connectivity index (χ3n) is 2.98. The molecular weight excluding hydrogens is 262 g/mol. The minimum absolute atomic E-state index is 0.0940. The lowest BCUT2D eigenvalue weighted by molar-refractivity contribution is -0.530. The first-order valence-electron chi connectivity index (χ1n) is 6.05. The second-order valence-electron chi connectivity index (χ2n) is 4.32. The van der Waals surface area contributed by atoms with E-state index in [2.05, 4.69) is 9.98 Å². The largest absolute Gasteiger partial charge is 0.435 e. The fourth-order valence-corrected chi connectivity index (χ4v) is 2.23. The number of aromatic nitrogens is 1. The average molecular weight is 275 g/mol. The Bertz CT molecular complexity index is 604. The van der Waals surface area contributed by atoms with E-state index >= 15 is 0 Å². The van der Waals surface area contributed by atoms with Crippen LogP contribution in [0.5, 0.6) is 0 Å². The molecule has 2 aliphatic heterocycles. The second-order valence-corrected chi connectivity index (χ2v) is 4.75. The van der Waals surface area contributed by atoms with Gasteiger partial charge in [-0.3, -0.25) is 4.98 Å². The van der Waals surface area contributed by atoms with Gasteiger partial charge in [0.2, 0.25) is 0 Å². The molecule has 0 aromatic carbocycles. The smallest absolute Gasteiger partial charge is 0.372 e. The van der Waals surface area contributed by atoms with E-state index < -0.39 is 0 Å². The van der Waals surface area contributed by atoms with Crippen molar-refractivity contribution in [1.82, 2.24) is 4.98 Å². The lowest BCUT2D eigenvalue weighted by Crippen LogP contribution is -2.24. The second kappa shape index (κ2) is 4.97. The number of allylic oxidation sites excluding steroid dienone is 2. The van der Waals surface area contributed by atoms with Gasteiger partial charge < -0.3 is 4.74 Å². The maximum absolute atomic E-state index is 6.08. The summed E-state index contributed by atoms with van der Waals surface area (Å²) in [5.74, 6) is 0.688. The van der Waals surface area contributed by atoms with Crippen LogP contribution in [0.4, 0.5) is 0 Å². The molecule has 0 N–H and O–H groups in total. The summed E-state index contributed by atoms with van der Waals surface area (Å²) in [6.45, 7) is 1.96. The summed E-state index contributed by atoms with van der Waals surface area (Å²) in [4.78, 5) is 8.58. The Kier molecular flexibility index (Phi) is 3.17. The van der Waals surface area contributed by atoms with Crippen molar-refractivity contribution in [2.24, 2.45) is 4.99 Å². The molecule has 19 heavy (non-hydrogen) atoms. The lowest BCUT2D eigenvalue weighted by Gasteiger charge is -2.17. The first kappa shape index (κ1) is 12.1. The number of ether oxygens (including phenoxy) is 1. The van der Waals surface area contributed by atoms with Gasteiger partial charge in [0.05, 0.1) is 23.0 Å². The van der Waals surface area contributed by atoms with Crippen molar-refractivity contribution in [2.75, 3.05) is 0 Å². The molecule has 0 amide bonds. The Balaban J connectivity index is 1.82. The van der Waals surface area contributed by atoms with E-state index in [1.54, 1.807) is 18.5 Å². The van der Waals surface area contributed by atoms with E-state index in [1.165, 1.54) is 0 Å². The molecule has 0 saturated heterocycles. The van der Waals surface area contributed by atoms with Crippen molar-refractivity contribution in [1.29, 1.82) is 0 Å². The van der Waals surface area contributed by atoms with Crippen LogP contribution in [0.15, 0.2) is 52.5 Å². The van der Waals surface area contributed by atoms with Gasteiger partial charge in [-0.2, -0.15) is 0 Å². The van der Waals surface area contributed by atoms with Crippen molar-refractivity contribution in [3.63, 3.8) is 0 Å². The van der Waals surface area contributed by atoms with E-state index in [1.807, 2.05) is 42.0 Å². The Morgan fingerprint density at radius 1 is 1.42 bits per heavy atom. The Morgan fingerprint density at radius 2 is 2.32 bits per heavy atom. The van der Waals surface area contributed by atoms with Crippen LogP contribution in [0.25, 0.3) is 0 Å². The number of fused-ring (bicyclic) bond motifs is 1. The SMILES string of the molecule is C[C@@H](OC1=CC(Cl)=CC2N=CC=[N+]12)c1ccccn1. The molecule has 2 atom stereocenters. The highest BCUT2D eigenvalue weighted by Gasteiger charge is 2.32. The molecule has 0 fully saturated rings. The number of hydrogen-bond donors (Lipinski definition) is 0. The zero-order valence-corrected chi connectivity index (χ0v) is 11.2. The van der Waals surface area contributed by atoms with Gasteiger partial charge in [-0.15, -0.1) is 4.58 Å². The topological polar surface area (TPSA) is 37.5 Å². The third-order valence-corrected chi connectivity index (χ3v) is 3.21. The van der Waals surface area contributed by atoms with Crippen LogP contribution in [0.3, 0.4) is 0 Å². The molecule has 0 bridgehead atoms. The number of pyridine rings is 1. The van der Waals surface area contributed by atoms with Crippen LogP contribution in [0, 0.1) is 0 Å². The monoisotopic (exact) mass is 274 g/mol. The van der Waals surface area contributed by atoms with E-state index in [-0.39, 0.29) is 12.3 Å². The molecular formula is C14H13ClN3O+. The lowest BCUT2D eigenvalue weighted by atomic mass is 10.2. The minimum atomic E-state index is -0.148. The third kappa shape index (κ3) is 2.44. The van der Waals surface area contributed by atoms with E-state index in [9.17, 15) is 0 Å². The highest BCUT2D eigenvalue weighted by atomic mass is 35.5. The number of rotatable bonds is 3. The van der Waals surface area contributed by atoms with Gasteiger partial charge in [-0.1, -0.05) is 17.7 Å². The predicted octanol–water partition coefficient (Wildman–Crippen LogP) is 2.63.